The third kappa shape index (κ3) is 7.59. The van der Waals surface area contributed by atoms with Crippen molar-refractivity contribution in [1.82, 2.24) is 10.6 Å². The predicted molar refractivity (Wildman–Crippen MR) is 111 cm³/mol. The van der Waals surface area contributed by atoms with Crippen molar-refractivity contribution in [3.63, 3.8) is 0 Å². The first-order valence-electron chi connectivity index (χ1n) is 9.16. The lowest BCUT2D eigenvalue weighted by Gasteiger charge is -2.30. The molecule has 0 atom stereocenters. The Bertz CT molecular complexity index is 337. The summed E-state index contributed by atoms with van der Waals surface area (Å²) in [5.41, 5.74) is 0.558. The fourth-order valence-electron chi connectivity index (χ4n) is 3.43. The number of aliphatic hydroxyl groups is 1. The summed E-state index contributed by atoms with van der Waals surface area (Å²) in [5.74, 6) is 0.930. The number of hydrogen-bond acceptors (Lipinski definition) is 2. The van der Waals surface area contributed by atoms with Crippen LogP contribution in [0.1, 0.15) is 72.6 Å². The van der Waals surface area contributed by atoms with Crippen LogP contribution in [0.4, 0.5) is 0 Å². The zero-order chi connectivity index (χ0) is 16.5. The van der Waals surface area contributed by atoms with Crippen LogP contribution in [0, 0.1) is 10.8 Å². The molecule has 0 aromatic rings. The van der Waals surface area contributed by atoms with Crippen molar-refractivity contribution in [2.75, 3.05) is 26.2 Å². The highest BCUT2D eigenvalue weighted by Gasteiger charge is 2.29. The van der Waals surface area contributed by atoms with Gasteiger partial charge in [-0.15, -0.1) is 24.0 Å². The van der Waals surface area contributed by atoms with Crippen molar-refractivity contribution in [3.8, 4) is 0 Å². The SMILES string of the molecule is CCNC(=NCC(CC)(CC)CCO)NCC1(C)CCCC1.I. The van der Waals surface area contributed by atoms with Crippen molar-refractivity contribution in [3.05, 3.63) is 0 Å². The lowest BCUT2D eigenvalue weighted by atomic mass is 9.79. The standard InChI is InChI=1S/C18H37N3O.HI/c1-5-18(6-2,12-13-22)15-21-16(19-7-3)20-14-17(4)10-8-9-11-17;/h22H,5-15H2,1-4H3,(H2,19,20,21);1H. The minimum atomic E-state index is 0. The average Bonchev–Trinajstić information content (AvgIpc) is 2.96. The van der Waals surface area contributed by atoms with E-state index in [9.17, 15) is 5.11 Å². The quantitative estimate of drug-likeness (QED) is 0.290. The summed E-state index contributed by atoms with van der Waals surface area (Å²) in [4.78, 5) is 4.82. The summed E-state index contributed by atoms with van der Waals surface area (Å²) in [5, 5.41) is 16.2. The van der Waals surface area contributed by atoms with Crippen molar-refractivity contribution >= 4 is 29.9 Å². The van der Waals surface area contributed by atoms with Crippen LogP contribution in [-0.4, -0.2) is 37.3 Å². The molecule has 4 nitrogen and oxygen atoms in total. The second-order valence-corrected chi connectivity index (χ2v) is 7.25. The monoisotopic (exact) mass is 439 g/mol. The van der Waals surface area contributed by atoms with Gasteiger partial charge >= 0.3 is 0 Å². The topological polar surface area (TPSA) is 56.7 Å². The molecule has 1 aliphatic carbocycles. The van der Waals surface area contributed by atoms with Gasteiger partial charge < -0.3 is 15.7 Å². The van der Waals surface area contributed by atoms with Gasteiger partial charge in [-0.05, 0) is 49.9 Å². The van der Waals surface area contributed by atoms with Gasteiger partial charge in [0, 0.05) is 26.2 Å². The zero-order valence-corrected chi connectivity index (χ0v) is 17.9. The fourth-order valence-corrected chi connectivity index (χ4v) is 3.43. The van der Waals surface area contributed by atoms with Crippen LogP contribution in [0.2, 0.25) is 0 Å². The molecule has 0 spiro atoms. The second kappa shape index (κ2) is 11.5. The van der Waals surface area contributed by atoms with E-state index in [1.165, 1.54) is 25.7 Å². The largest absolute Gasteiger partial charge is 0.396 e. The van der Waals surface area contributed by atoms with E-state index in [1.54, 1.807) is 0 Å². The molecule has 0 heterocycles. The summed E-state index contributed by atoms with van der Waals surface area (Å²) < 4.78 is 0. The first-order chi connectivity index (χ1) is 10.5. The number of nitrogens with one attached hydrogen (secondary N) is 2. The maximum absolute atomic E-state index is 9.33. The van der Waals surface area contributed by atoms with E-state index in [2.05, 4.69) is 38.3 Å². The van der Waals surface area contributed by atoms with E-state index < -0.39 is 0 Å². The summed E-state index contributed by atoms with van der Waals surface area (Å²) in [7, 11) is 0. The molecule has 3 N–H and O–H groups in total. The molecular weight excluding hydrogens is 401 g/mol. The smallest absolute Gasteiger partial charge is 0.191 e. The molecule has 1 aliphatic rings. The Labute approximate surface area is 160 Å². The Hall–Kier alpha value is -0.0400. The van der Waals surface area contributed by atoms with Gasteiger partial charge in [0.1, 0.15) is 0 Å². The Kier molecular flexibility index (Phi) is 11.5. The Morgan fingerprint density at radius 2 is 1.74 bits per heavy atom. The van der Waals surface area contributed by atoms with Crippen LogP contribution in [-0.2, 0) is 0 Å². The van der Waals surface area contributed by atoms with Crippen LogP contribution in [0.5, 0.6) is 0 Å². The van der Waals surface area contributed by atoms with E-state index in [-0.39, 0.29) is 36.0 Å². The molecule has 1 fully saturated rings. The molecule has 0 unspecified atom stereocenters. The van der Waals surface area contributed by atoms with E-state index in [0.29, 0.717) is 5.41 Å². The Morgan fingerprint density at radius 3 is 2.22 bits per heavy atom. The molecule has 5 heteroatoms. The average molecular weight is 439 g/mol. The van der Waals surface area contributed by atoms with E-state index in [0.717, 1.165) is 44.9 Å². The molecule has 0 aromatic heterocycles. The Balaban J connectivity index is 0.00000484. The van der Waals surface area contributed by atoms with Crippen LogP contribution < -0.4 is 10.6 Å². The summed E-state index contributed by atoms with van der Waals surface area (Å²) in [6.07, 6.45) is 8.31. The zero-order valence-electron chi connectivity index (χ0n) is 15.6. The third-order valence-electron chi connectivity index (χ3n) is 5.55. The van der Waals surface area contributed by atoms with E-state index in [4.69, 9.17) is 4.99 Å². The van der Waals surface area contributed by atoms with Gasteiger partial charge in [-0.25, -0.2) is 0 Å². The van der Waals surface area contributed by atoms with Crippen molar-refractivity contribution < 1.29 is 5.11 Å². The van der Waals surface area contributed by atoms with Gasteiger partial charge in [0.15, 0.2) is 5.96 Å². The number of hydrogen-bond donors (Lipinski definition) is 3. The van der Waals surface area contributed by atoms with Gasteiger partial charge in [-0.3, -0.25) is 4.99 Å². The number of guanidine groups is 1. The summed E-state index contributed by atoms with van der Waals surface area (Å²) in [6.45, 7) is 11.8. The molecule has 0 amide bonds. The molecule has 0 aromatic carbocycles. The molecule has 1 saturated carbocycles. The van der Waals surface area contributed by atoms with Gasteiger partial charge in [-0.1, -0.05) is 33.6 Å². The first kappa shape index (κ1) is 23.0. The number of rotatable bonds is 9. The number of halogens is 1. The molecule has 0 saturated heterocycles. The molecule has 23 heavy (non-hydrogen) atoms. The van der Waals surface area contributed by atoms with Crippen LogP contribution in [0.3, 0.4) is 0 Å². The van der Waals surface area contributed by atoms with E-state index >= 15 is 0 Å². The highest BCUT2D eigenvalue weighted by atomic mass is 127. The lowest BCUT2D eigenvalue weighted by molar-refractivity contribution is 0.175. The minimum Gasteiger partial charge on any atom is -0.396 e. The maximum atomic E-state index is 9.33. The highest BCUT2D eigenvalue weighted by Crippen LogP contribution is 2.36. The predicted octanol–water partition coefficient (Wildman–Crippen LogP) is 3.93. The molecule has 0 bridgehead atoms. The van der Waals surface area contributed by atoms with Gasteiger partial charge in [0.25, 0.3) is 0 Å². The molecule has 1 rings (SSSR count). The van der Waals surface area contributed by atoms with Gasteiger partial charge in [-0.2, -0.15) is 0 Å². The molecular formula is C18H38IN3O. The molecule has 138 valence electrons. The minimum absolute atomic E-state index is 0. The highest BCUT2D eigenvalue weighted by molar-refractivity contribution is 14.0. The lowest BCUT2D eigenvalue weighted by Crippen LogP contribution is -2.43. The normalized spacial score (nSPS) is 17.7. The van der Waals surface area contributed by atoms with Crippen LogP contribution >= 0.6 is 24.0 Å². The fraction of sp³-hybridized carbons (Fsp3) is 0.944. The molecule has 0 aliphatic heterocycles. The third-order valence-corrected chi connectivity index (χ3v) is 5.55. The molecule has 0 radical (unpaired) electrons. The number of nitrogens with zero attached hydrogens (tertiary/aromatic N) is 1. The van der Waals surface area contributed by atoms with Crippen LogP contribution in [0.25, 0.3) is 0 Å². The van der Waals surface area contributed by atoms with Gasteiger partial charge in [0.05, 0.1) is 0 Å². The number of aliphatic hydroxyl groups excluding tert-OH is 1. The maximum Gasteiger partial charge on any atom is 0.191 e. The van der Waals surface area contributed by atoms with Crippen molar-refractivity contribution in [2.24, 2.45) is 15.8 Å². The summed E-state index contributed by atoms with van der Waals surface area (Å²) in [6, 6.07) is 0. The van der Waals surface area contributed by atoms with E-state index in [1.807, 2.05) is 0 Å². The summed E-state index contributed by atoms with van der Waals surface area (Å²) >= 11 is 0. The first-order valence-corrected chi connectivity index (χ1v) is 9.16. The van der Waals surface area contributed by atoms with Crippen molar-refractivity contribution in [2.45, 2.75) is 72.6 Å². The Morgan fingerprint density at radius 1 is 1.13 bits per heavy atom. The van der Waals surface area contributed by atoms with Crippen LogP contribution in [0.15, 0.2) is 4.99 Å². The van der Waals surface area contributed by atoms with Gasteiger partial charge in [0.2, 0.25) is 0 Å². The van der Waals surface area contributed by atoms with Crippen molar-refractivity contribution in [1.29, 1.82) is 0 Å². The second-order valence-electron chi connectivity index (χ2n) is 7.25. The number of aliphatic imine (C=N–C) groups is 1.